The summed E-state index contributed by atoms with van der Waals surface area (Å²) in [6, 6.07) is 5.00. The van der Waals surface area contributed by atoms with Crippen LogP contribution in [0.1, 0.15) is 5.56 Å². The molecule has 158 valence electrons. The molecule has 0 unspecified atom stereocenters. The zero-order valence-electron chi connectivity index (χ0n) is 15.5. The van der Waals surface area contributed by atoms with E-state index in [2.05, 4.69) is 10.3 Å². The fourth-order valence-electron chi connectivity index (χ4n) is 2.59. The van der Waals surface area contributed by atoms with Crippen molar-refractivity contribution >= 4 is 22.4 Å². The standard InChI is InChI=1S/C19H13F5N2O3S/c1-28-8-3-4-9(12(5-8)29-2)11-7-30-19(25-11)26-13(27)6-10-14(20)16(22)18(24)17(23)15(10)21/h3-5,7H,6H2,1-2H3,(H,25,26,27). The van der Waals surface area contributed by atoms with Crippen LogP contribution in [0.25, 0.3) is 11.3 Å². The monoisotopic (exact) mass is 444 g/mol. The molecule has 30 heavy (non-hydrogen) atoms. The molecule has 0 aliphatic heterocycles. The number of hydrogen-bond donors (Lipinski definition) is 1. The van der Waals surface area contributed by atoms with Crippen molar-refractivity contribution in [3.05, 3.63) is 58.2 Å². The number of nitrogens with one attached hydrogen (secondary N) is 1. The van der Waals surface area contributed by atoms with Gasteiger partial charge in [0.15, 0.2) is 28.4 Å². The van der Waals surface area contributed by atoms with Crippen molar-refractivity contribution in [3.8, 4) is 22.8 Å². The molecule has 0 saturated heterocycles. The normalized spacial score (nSPS) is 10.8. The van der Waals surface area contributed by atoms with Gasteiger partial charge in [-0.25, -0.2) is 26.9 Å². The van der Waals surface area contributed by atoms with Crippen LogP contribution in [-0.2, 0) is 11.2 Å². The lowest BCUT2D eigenvalue weighted by atomic mass is 10.1. The number of thiazole rings is 1. The molecule has 1 amide bonds. The molecule has 0 saturated carbocycles. The van der Waals surface area contributed by atoms with Crippen molar-refractivity contribution in [2.75, 3.05) is 19.5 Å². The molecule has 11 heteroatoms. The van der Waals surface area contributed by atoms with E-state index in [-0.39, 0.29) is 5.13 Å². The number of rotatable bonds is 6. The highest BCUT2D eigenvalue weighted by atomic mass is 32.1. The highest BCUT2D eigenvalue weighted by molar-refractivity contribution is 7.14. The van der Waals surface area contributed by atoms with Crippen LogP contribution in [0.15, 0.2) is 23.6 Å². The number of nitrogens with zero attached hydrogens (tertiary/aromatic N) is 1. The molecule has 0 spiro atoms. The minimum absolute atomic E-state index is 0.0664. The van der Waals surface area contributed by atoms with E-state index in [9.17, 15) is 26.7 Å². The number of anilines is 1. The number of carbonyl (C=O) groups excluding carboxylic acids is 1. The van der Waals surface area contributed by atoms with Crippen LogP contribution in [0, 0.1) is 29.1 Å². The van der Waals surface area contributed by atoms with Gasteiger partial charge in [0.05, 0.1) is 26.3 Å². The maximum Gasteiger partial charge on any atom is 0.230 e. The Morgan fingerprint density at radius 1 is 1.00 bits per heavy atom. The van der Waals surface area contributed by atoms with Gasteiger partial charge in [-0.3, -0.25) is 4.79 Å². The quantitative estimate of drug-likeness (QED) is 0.340. The average Bonchev–Trinajstić information content (AvgIpc) is 3.21. The van der Waals surface area contributed by atoms with Gasteiger partial charge in [-0.1, -0.05) is 0 Å². The van der Waals surface area contributed by atoms with E-state index in [1.807, 2.05) is 0 Å². The minimum atomic E-state index is -2.29. The highest BCUT2D eigenvalue weighted by Gasteiger charge is 2.27. The van der Waals surface area contributed by atoms with Gasteiger partial charge in [-0.05, 0) is 12.1 Å². The molecule has 1 aromatic heterocycles. The third-order valence-electron chi connectivity index (χ3n) is 4.07. The third kappa shape index (κ3) is 4.06. The Labute approximate surface area is 171 Å². The molecule has 1 heterocycles. The van der Waals surface area contributed by atoms with E-state index in [0.717, 1.165) is 11.3 Å². The lowest BCUT2D eigenvalue weighted by Gasteiger charge is -2.09. The Kier molecular flexibility index (Phi) is 6.20. The highest BCUT2D eigenvalue weighted by Crippen LogP contribution is 2.35. The Hall–Kier alpha value is -3.21. The maximum absolute atomic E-state index is 13.7. The summed E-state index contributed by atoms with van der Waals surface area (Å²) in [6.07, 6.45) is -1.06. The second kappa shape index (κ2) is 8.66. The van der Waals surface area contributed by atoms with Crippen LogP contribution in [0.3, 0.4) is 0 Å². The summed E-state index contributed by atoms with van der Waals surface area (Å²) in [5.41, 5.74) is -0.196. The molecule has 0 bridgehead atoms. The van der Waals surface area contributed by atoms with Crippen LogP contribution >= 0.6 is 11.3 Å². The van der Waals surface area contributed by atoms with Crippen molar-refractivity contribution in [2.45, 2.75) is 6.42 Å². The van der Waals surface area contributed by atoms with E-state index < -0.39 is 47.0 Å². The van der Waals surface area contributed by atoms with E-state index in [4.69, 9.17) is 9.47 Å². The lowest BCUT2D eigenvalue weighted by Crippen LogP contribution is -2.18. The molecule has 1 N–H and O–H groups in total. The number of ether oxygens (including phenoxy) is 2. The smallest absolute Gasteiger partial charge is 0.230 e. The number of benzene rings is 2. The predicted octanol–water partition coefficient (Wildman–Crippen LogP) is 4.70. The first-order valence-corrected chi connectivity index (χ1v) is 9.12. The van der Waals surface area contributed by atoms with E-state index >= 15 is 0 Å². The zero-order chi connectivity index (χ0) is 22.0. The summed E-state index contributed by atoms with van der Waals surface area (Å²) in [5.74, 6) is -10.6. The largest absolute Gasteiger partial charge is 0.497 e. The molecule has 3 aromatic rings. The zero-order valence-corrected chi connectivity index (χ0v) is 16.3. The number of halogens is 5. The second-order valence-electron chi connectivity index (χ2n) is 5.88. The molecule has 2 aromatic carbocycles. The van der Waals surface area contributed by atoms with Crippen LogP contribution in [0.4, 0.5) is 27.1 Å². The summed E-state index contributed by atoms with van der Waals surface area (Å²) in [7, 11) is 2.95. The van der Waals surface area contributed by atoms with Crippen molar-refractivity contribution in [1.82, 2.24) is 4.98 Å². The first-order valence-electron chi connectivity index (χ1n) is 8.24. The summed E-state index contributed by atoms with van der Waals surface area (Å²) in [6.45, 7) is 0. The molecular formula is C19H13F5N2O3S. The van der Waals surface area contributed by atoms with Gasteiger partial charge < -0.3 is 14.8 Å². The second-order valence-corrected chi connectivity index (χ2v) is 6.74. The van der Waals surface area contributed by atoms with Crippen LogP contribution in [-0.4, -0.2) is 25.1 Å². The van der Waals surface area contributed by atoms with Gasteiger partial charge in [0, 0.05) is 22.6 Å². The molecule has 0 aliphatic rings. The van der Waals surface area contributed by atoms with Gasteiger partial charge in [0.1, 0.15) is 11.5 Å². The number of methoxy groups -OCH3 is 2. The molecule has 3 rings (SSSR count). The Balaban J connectivity index is 1.80. The topological polar surface area (TPSA) is 60.5 Å². The lowest BCUT2D eigenvalue weighted by molar-refractivity contribution is -0.115. The van der Waals surface area contributed by atoms with Gasteiger partial charge in [0.2, 0.25) is 11.7 Å². The van der Waals surface area contributed by atoms with Gasteiger partial charge >= 0.3 is 0 Å². The van der Waals surface area contributed by atoms with Crippen molar-refractivity contribution in [3.63, 3.8) is 0 Å². The van der Waals surface area contributed by atoms with Crippen molar-refractivity contribution in [1.29, 1.82) is 0 Å². The van der Waals surface area contributed by atoms with Gasteiger partial charge in [0.25, 0.3) is 0 Å². The number of aromatic nitrogens is 1. The Bertz CT molecular complexity index is 1090. The van der Waals surface area contributed by atoms with Crippen molar-refractivity contribution in [2.24, 2.45) is 0 Å². The number of amides is 1. The fraction of sp³-hybridized carbons (Fsp3) is 0.158. The van der Waals surface area contributed by atoms with E-state index in [1.54, 1.807) is 23.6 Å². The van der Waals surface area contributed by atoms with Crippen LogP contribution in [0.2, 0.25) is 0 Å². The Morgan fingerprint density at radius 2 is 1.63 bits per heavy atom. The molecular weight excluding hydrogens is 431 g/mol. The number of carbonyl (C=O) groups is 1. The summed E-state index contributed by atoms with van der Waals surface area (Å²) in [5, 5.41) is 3.94. The van der Waals surface area contributed by atoms with E-state index in [0.29, 0.717) is 22.8 Å². The summed E-state index contributed by atoms with van der Waals surface area (Å²) >= 11 is 1.00. The van der Waals surface area contributed by atoms with Crippen molar-refractivity contribution < 1.29 is 36.2 Å². The summed E-state index contributed by atoms with van der Waals surface area (Å²) < 4.78 is 77.5. The SMILES string of the molecule is COc1ccc(-c2csc(NC(=O)Cc3c(F)c(F)c(F)c(F)c3F)n2)c(OC)c1. The molecule has 5 nitrogen and oxygen atoms in total. The third-order valence-corrected chi connectivity index (χ3v) is 4.83. The minimum Gasteiger partial charge on any atom is -0.497 e. The summed E-state index contributed by atoms with van der Waals surface area (Å²) in [4.78, 5) is 16.3. The van der Waals surface area contributed by atoms with Crippen LogP contribution in [0.5, 0.6) is 11.5 Å². The van der Waals surface area contributed by atoms with Gasteiger partial charge in [-0.2, -0.15) is 0 Å². The molecule has 0 aliphatic carbocycles. The average molecular weight is 444 g/mol. The maximum atomic E-state index is 13.7. The Morgan fingerprint density at radius 3 is 2.23 bits per heavy atom. The molecule has 0 radical (unpaired) electrons. The molecule has 0 atom stereocenters. The van der Waals surface area contributed by atoms with Crippen LogP contribution < -0.4 is 14.8 Å². The first-order chi connectivity index (χ1) is 14.3. The predicted molar refractivity (Wildman–Crippen MR) is 99.2 cm³/mol. The first kappa shape index (κ1) is 21.5. The number of hydrogen-bond acceptors (Lipinski definition) is 5. The van der Waals surface area contributed by atoms with E-state index in [1.165, 1.54) is 14.2 Å². The van der Waals surface area contributed by atoms with Gasteiger partial charge in [-0.15, -0.1) is 11.3 Å². The molecule has 0 fully saturated rings. The fourth-order valence-corrected chi connectivity index (χ4v) is 3.32.